The van der Waals surface area contributed by atoms with Crippen LogP contribution in [0.3, 0.4) is 0 Å². The van der Waals surface area contributed by atoms with Crippen molar-refractivity contribution in [2.75, 3.05) is 5.73 Å². The van der Waals surface area contributed by atoms with E-state index in [1.165, 1.54) is 25.7 Å². The highest BCUT2D eigenvalue weighted by Gasteiger charge is 2.01. The second kappa shape index (κ2) is 5.56. The van der Waals surface area contributed by atoms with Crippen molar-refractivity contribution in [1.29, 1.82) is 0 Å². The van der Waals surface area contributed by atoms with Crippen LogP contribution in [0.2, 0.25) is 0 Å². The predicted molar refractivity (Wildman–Crippen MR) is 51.2 cm³/mol. The molecule has 2 N–H and O–H groups in total. The summed E-state index contributed by atoms with van der Waals surface area (Å²) in [7, 11) is 0. The smallest absolute Gasteiger partial charge is 0.312 e. The molecule has 4 heteroatoms. The molecule has 0 unspecified atom stereocenters. The molecule has 0 radical (unpaired) electrons. The van der Waals surface area contributed by atoms with Gasteiger partial charge >= 0.3 is 6.01 Å². The number of aryl methyl sites for hydroxylation is 1. The van der Waals surface area contributed by atoms with Crippen molar-refractivity contribution in [1.82, 2.24) is 10.2 Å². The van der Waals surface area contributed by atoms with Gasteiger partial charge in [0.25, 0.3) is 0 Å². The zero-order valence-electron chi connectivity index (χ0n) is 8.12. The lowest BCUT2D eigenvalue weighted by atomic mass is 10.1. The summed E-state index contributed by atoms with van der Waals surface area (Å²) in [5.74, 6) is 0.661. The lowest BCUT2D eigenvalue weighted by Crippen LogP contribution is -1.86. The van der Waals surface area contributed by atoms with E-state index in [1.54, 1.807) is 0 Å². The highest BCUT2D eigenvalue weighted by molar-refractivity contribution is 5.04. The Labute approximate surface area is 78.5 Å². The van der Waals surface area contributed by atoms with Gasteiger partial charge in [0, 0.05) is 6.42 Å². The fourth-order valence-electron chi connectivity index (χ4n) is 1.25. The van der Waals surface area contributed by atoms with E-state index in [0.717, 1.165) is 12.8 Å². The number of unbranched alkanes of at least 4 members (excludes halogenated alkanes) is 4. The zero-order valence-corrected chi connectivity index (χ0v) is 8.12. The highest BCUT2D eigenvalue weighted by atomic mass is 16.4. The number of nitrogens with two attached hydrogens (primary N) is 1. The van der Waals surface area contributed by atoms with E-state index in [4.69, 9.17) is 10.2 Å². The van der Waals surface area contributed by atoms with Gasteiger partial charge in [-0.25, -0.2) is 0 Å². The van der Waals surface area contributed by atoms with Crippen LogP contribution < -0.4 is 5.73 Å². The van der Waals surface area contributed by atoms with Crippen LogP contribution in [0.15, 0.2) is 4.42 Å². The minimum Gasteiger partial charge on any atom is -0.408 e. The molecule has 4 nitrogen and oxygen atoms in total. The zero-order chi connectivity index (χ0) is 9.52. The van der Waals surface area contributed by atoms with Crippen molar-refractivity contribution in [2.24, 2.45) is 0 Å². The summed E-state index contributed by atoms with van der Waals surface area (Å²) in [6.07, 6.45) is 7.07. The van der Waals surface area contributed by atoms with Crippen LogP contribution in [0.25, 0.3) is 0 Å². The van der Waals surface area contributed by atoms with Gasteiger partial charge in [0.15, 0.2) is 0 Å². The van der Waals surface area contributed by atoms with E-state index in [9.17, 15) is 0 Å². The second-order valence-corrected chi connectivity index (χ2v) is 3.20. The van der Waals surface area contributed by atoms with Crippen molar-refractivity contribution in [3.05, 3.63) is 5.89 Å². The summed E-state index contributed by atoms with van der Waals surface area (Å²) in [5.41, 5.74) is 5.29. The minimum absolute atomic E-state index is 0.170. The highest BCUT2D eigenvalue weighted by Crippen LogP contribution is 2.08. The van der Waals surface area contributed by atoms with Crippen molar-refractivity contribution < 1.29 is 4.42 Å². The van der Waals surface area contributed by atoms with E-state index in [1.807, 2.05) is 0 Å². The Morgan fingerprint density at radius 2 is 1.92 bits per heavy atom. The molecular weight excluding hydrogens is 166 g/mol. The Balaban J connectivity index is 2.06. The molecule has 1 aromatic rings. The summed E-state index contributed by atoms with van der Waals surface area (Å²) < 4.78 is 5.05. The van der Waals surface area contributed by atoms with Crippen molar-refractivity contribution in [3.63, 3.8) is 0 Å². The average molecular weight is 183 g/mol. The maximum atomic E-state index is 5.29. The van der Waals surface area contributed by atoms with Gasteiger partial charge in [-0.05, 0) is 6.42 Å². The van der Waals surface area contributed by atoms with Crippen LogP contribution in [0.1, 0.15) is 44.9 Å². The number of aromatic nitrogens is 2. The molecule has 0 aromatic carbocycles. The number of nitrogen functional groups attached to an aromatic ring is 1. The number of anilines is 1. The molecule has 0 spiro atoms. The Bertz CT molecular complexity index is 235. The molecule has 0 aliphatic heterocycles. The summed E-state index contributed by atoms with van der Waals surface area (Å²) in [6, 6.07) is 0.170. The largest absolute Gasteiger partial charge is 0.408 e. The summed E-state index contributed by atoms with van der Waals surface area (Å²) in [4.78, 5) is 0. The molecule has 74 valence electrons. The molecule has 0 aliphatic rings. The Morgan fingerprint density at radius 1 is 1.15 bits per heavy atom. The molecule has 0 aliphatic carbocycles. The van der Waals surface area contributed by atoms with E-state index in [-0.39, 0.29) is 6.01 Å². The van der Waals surface area contributed by atoms with E-state index in [2.05, 4.69) is 17.1 Å². The average Bonchev–Trinajstić information content (AvgIpc) is 2.51. The SMILES string of the molecule is CCCCCCCc1nnc(N)o1. The van der Waals surface area contributed by atoms with Gasteiger partial charge < -0.3 is 10.2 Å². The van der Waals surface area contributed by atoms with E-state index >= 15 is 0 Å². The Hall–Kier alpha value is -1.06. The number of hydrogen-bond acceptors (Lipinski definition) is 4. The van der Waals surface area contributed by atoms with Gasteiger partial charge in [-0.3, -0.25) is 0 Å². The lowest BCUT2D eigenvalue weighted by Gasteiger charge is -1.95. The first-order valence-corrected chi connectivity index (χ1v) is 4.90. The number of hydrogen-bond donors (Lipinski definition) is 1. The minimum atomic E-state index is 0.170. The fourth-order valence-corrected chi connectivity index (χ4v) is 1.25. The van der Waals surface area contributed by atoms with Crippen molar-refractivity contribution in [2.45, 2.75) is 45.4 Å². The van der Waals surface area contributed by atoms with Crippen LogP contribution >= 0.6 is 0 Å². The first-order valence-electron chi connectivity index (χ1n) is 4.90. The van der Waals surface area contributed by atoms with Crippen LogP contribution in [0.5, 0.6) is 0 Å². The fraction of sp³-hybridized carbons (Fsp3) is 0.778. The van der Waals surface area contributed by atoms with Crippen molar-refractivity contribution in [3.8, 4) is 0 Å². The standard InChI is InChI=1S/C9H17N3O/c1-2-3-4-5-6-7-8-11-12-9(10)13-8/h2-7H2,1H3,(H2,10,12). The quantitative estimate of drug-likeness (QED) is 0.686. The van der Waals surface area contributed by atoms with Gasteiger partial charge in [-0.15, -0.1) is 5.10 Å². The van der Waals surface area contributed by atoms with Gasteiger partial charge in [0.2, 0.25) is 5.89 Å². The van der Waals surface area contributed by atoms with Crippen molar-refractivity contribution >= 4 is 6.01 Å². The van der Waals surface area contributed by atoms with Gasteiger partial charge in [-0.2, -0.15) is 0 Å². The van der Waals surface area contributed by atoms with Gasteiger partial charge in [0.05, 0.1) is 0 Å². The Morgan fingerprint density at radius 3 is 2.54 bits per heavy atom. The van der Waals surface area contributed by atoms with Gasteiger partial charge in [-0.1, -0.05) is 37.7 Å². The predicted octanol–water partition coefficient (Wildman–Crippen LogP) is 2.16. The molecule has 13 heavy (non-hydrogen) atoms. The molecular formula is C9H17N3O. The van der Waals surface area contributed by atoms with Crippen LogP contribution in [-0.2, 0) is 6.42 Å². The monoisotopic (exact) mass is 183 g/mol. The van der Waals surface area contributed by atoms with Crippen LogP contribution in [-0.4, -0.2) is 10.2 Å². The number of rotatable bonds is 6. The maximum Gasteiger partial charge on any atom is 0.312 e. The molecule has 0 amide bonds. The van der Waals surface area contributed by atoms with E-state index < -0.39 is 0 Å². The third-order valence-electron chi connectivity index (χ3n) is 1.98. The molecule has 1 aromatic heterocycles. The molecule has 1 rings (SSSR count). The van der Waals surface area contributed by atoms with Crippen LogP contribution in [0, 0.1) is 0 Å². The normalized spacial score (nSPS) is 10.5. The lowest BCUT2D eigenvalue weighted by molar-refractivity contribution is 0.491. The molecule has 0 saturated heterocycles. The first-order chi connectivity index (χ1) is 6.33. The molecule has 0 fully saturated rings. The third kappa shape index (κ3) is 3.92. The first kappa shape index (κ1) is 10.0. The van der Waals surface area contributed by atoms with E-state index in [0.29, 0.717) is 5.89 Å². The number of nitrogens with zero attached hydrogens (tertiary/aromatic N) is 2. The molecule has 0 saturated carbocycles. The maximum absolute atomic E-state index is 5.29. The molecule has 1 heterocycles. The van der Waals surface area contributed by atoms with Crippen LogP contribution in [0.4, 0.5) is 6.01 Å². The Kier molecular flexibility index (Phi) is 4.29. The third-order valence-corrected chi connectivity index (χ3v) is 1.98. The second-order valence-electron chi connectivity index (χ2n) is 3.20. The summed E-state index contributed by atoms with van der Waals surface area (Å²) >= 11 is 0. The topological polar surface area (TPSA) is 64.9 Å². The summed E-state index contributed by atoms with van der Waals surface area (Å²) in [5, 5.41) is 7.38. The molecule has 0 atom stereocenters. The molecule has 0 bridgehead atoms. The summed E-state index contributed by atoms with van der Waals surface area (Å²) in [6.45, 7) is 2.21. The van der Waals surface area contributed by atoms with Gasteiger partial charge in [0.1, 0.15) is 0 Å².